The number of aromatic nitrogens is 1. The predicted octanol–water partition coefficient (Wildman–Crippen LogP) is 4.09. The van der Waals surface area contributed by atoms with Crippen LogP contribution in [0.2, 0.25) is 0 Å². The first-order valence-corrected chi connectivity index (χ1v) is 7.33. The van der Waals surface area contributed by atoms with Gasteiger partial charge >= 0.3 is 0 Å². The number of hydrogen-bond acceptors (Lipinski definition) is 3. The Morgan fingerprint density at radius 1 is 1.15 bits per heavy atom. The average Bonchev–Trinajstić information content (AvgIpc) is 2.48. The van der Waals surface area contributed by atoms with Crippen molar-refractivity contribution in [1.29, 1.82) is 0 Å². The van der Waals surface area contributed by atoms with E-state index in [0.717, 1.165) is 29.2 Å². The largest absolute Gasteiger partial charge is 0.497 e. The van der Waals surface area contributed by atoms with E-state index in [1.165, 1.54) is 5.56 Å². The van der Waals surface area contributed by atoms with Gasteiger partial charge in [0.15, 0.2) is 0 Å². The fourth-order valence-corrected chi connectivity index (χ4v) is 2.69. The molecule has 1 unspecified atom stereocenters. The Morgan fingerprint density at radius 2 is 1.95 bits per heavy atom. The van der Waals surface area contributed by atoms with Crippen LogP contribution in [0.15, 0.2) is 36.5 Å². The monoisotopic (exact) mass is 335 g/mol. The summed E-state index contributed by atoms with van der Waals surface area (Å²) in [6.07, 6.45) is 2.68. The first-order chi connectivity index (χ1) is 9.63. The molecular weight excluding hydrogens is 318 g/mol. The van der Waals surface area contributed by atoms with Crippen LogP contribution in [-0.4, -0.2) is 19.2 Å². The van der Waals surface area contributed by atoms with Crippen molar-refractivity contribution in [2.45, 2.75) is 18.2 Å². The van der Waals surface area contributed by atoms with Crippen molar-refractivity contribution in [3.8, 4) is 11.5 Å². The summed E-state index contributed by atoms with van der Waals surface area (Å²) in [4.78, 5) is 4.57. The van der Waals surface area contributed by atoms with Gasteiger partial charge in [0.25, 0.3) is 0 Å². The number of alkyl halides is 1. The molecule has 0 aliphatic rings. The smallest absolute Gasteiger partial charge is 0.123 e. The van der Waals surface area contributed by atoms with Crippen LogP contribution in [-0.2, 0) is 6.42 Å². The molecule has 0 bridgehead atoms. The first-order valence-electron chi connectivity index (χ1n) is 6.41. The van der Waals surface area contributed by atoms with Crippen molar-refractivity contribution < 1.29 is 9.47 Å². The topological polar surface area (TPSA) is 31.4 Å². The second-order valence-corrected chi connectivity index (χ2v) is 5.71. The van der Waals surface area contributed by atoms with E-state index in [2.05, 4.69) is 33.0 Å². The highest BCUT2D eigenvalue weighted by Crippen LogP contribution is 2.35. The number of nitrogens with zero attached hydrogens (tertiary/aromatic N) is 1. The highest BCUT2D eigenvalue weighted by molar-refractivity contribution is 9.09. The Hall–Kier alpha value is -1.55. The van der Waals surface area contributed by atoms with E-state index in [1.54, 1.807) is 14.2 Å². The molecule has 0 amide bonds. The summed E-state index contributed by atoms with van der Waals surface area (Å²) in [7, 11) is 3.34. The van der Waals surface area contributed by atoms with E-state index in [4.69, 9.17) is 9.47 Å². The van der Waals surface area contributed by atoms with E-state index < -0.39 is 0 Å². The fraction of sp³-hybridized carbons (Fsp3) is 0.312. The Labute approximate surface area is 128 Å². The zero-order valence-electron chi connectivity index (χ0n) is 11.9. The predicted molar refractivity (Wildman–Crippen MR) is 83.9 cm³/mol. The molecule has 106 valence electrons. The molecule has 1 atom stereocenters. The third-order valence-corrected chi connectivity index (χ3v) is 3.95. The molecule has 1 aromatic carbocycles. The van der Waals surface area contributed by atoms with Crippen molar-refractivity contribution in [2.75, 3.05) is 14.2 Å². The summed E-state index contributed by atoms with van der Waals surface area (Å²) in [5.74, 6) is 1.67. The number of aryl methyl sites for hydroxylation is 1. The molecular formula is C16H18BrNO2. The van der Waals surface area contributed by atoms with E-state index in [0.29, 0.717) is 0 Å². The van der Waals surface area contributed by atoms with Crippen molar-refractivity contribution >= 4 is 15.9 Å². The van der Waals surface area contributed by atoms with Crippen LogP contribution < -0.4 is 9.47 Å². The van der Waals surface area contributed by atoms with Crippen LogP contribution in [0.25, 0.3) is 0 Å². The molecule has 0 N–H and O–H groups in total. The van der Waals surface area contributed by atoms with Gasteiger partial charge in [-0.3, -0.25) is 4.98 Å². The van der Waals surface area contributed by atoms with Gasteiger partial charge in [-0.05, 0) is 36.8 Å². The number of methoxy groups -OCH3 is 2. The van der Waals surface area contributed by atoms with E-state index in [9.17, 15) is 0 Å². The minimum absolute atomic E-state index is 0.128. The Kier molecular flexibility index (Phi) is 5.01. The van der Waals surface area contributed by atoms with Crippen molar-refractivity contribution in [3.05, 3.63) is 53.3 Å². The van der Waals surface area contributed by atoms with Crippen molar-refractivity contribution in [2.24, 2.45) is 0 Å². The van der Waals surface area contributed by atoms with Gasteiger partial charge in [0.2, 0.25) is 0 Å². The number of benzene rings is 1. The summed E-state index contributed by atoms with van der Waals surface area (Å²) >= 11 is 3.72. The standard InChI is InChI=1S/C16H18BrNO2/c1-11-4-5-12(18-10-11)8-15(17)14-9-13(19-2)6-7-16(14)20-3/h4-7,9-10,15H,8H2,1-3H3. The fourth-order valence-electron chi connectivity index (χ4n) is 2.00. The lowest BCUT2D eigenvalue weighted by Crippen LogP contribution is -2.01. The molecule has 20 heavy (non-hydrogen) atoms. The van der Waals surface area contributed by atoms with Gasteiger partial charge in [-0.1, -0.05) is 22.0 Å². The lowest BCUT2D eigenvalue weighted by atomic mass is 10.1. The molecule has 0 saturated carbocycles. The van der Waals surface area contributed by atoms with Gasteiger partial charge in [-0.25, -0.2) is 0 Å². The Bertz CT molecular complexity index is 569. The first kappa shape index (κ1) is 14.9. The van der Waals surface area contributed by atoms with Crippen molar-refractivity contribution in [1.82, 2.24) is 4.98 Å². The third kappa shape index (κ3) is 3.51. The van der Waals surface area contributed by atoms with Gasteiger partial charge in [0, 0.05) is 28.7 Å². The zero-order chi connectivity index (χ0) is 14.5. The highest BCUT2D eigenvalue weighted by Gasteiger charge is 2.15. The molecule has 0 spiro atoms. The second-order valence-electron chi connectivity index (χ2n) is 4.61. The van der Waals surface area contributed by atoms with Crippen molar-refractivity contribution in [3.63, 3.8) is 0 Å². The maximum Gasteiger partial charge on any atom is 0.123 e. The summed E-state index contributed by atoms with van der Waals surface area (Å²) < 4.78 is 10.7. The second kappa shape index (κ2) is 6.75. The molecule has 2 aromatic rings. The van der Waals surface area contributed by atoms with Gasteiger partial charge in [0.05, 0.1) is 14.2 Å². The molecule has 4 heteroatoms. The van der Waals surface area contributed by atoms with Crippen LogP contribution in [0.4, 0.5) is 0 Å². The number of halogens is 1. The molecule has 0 aliphatic heterocycles. The number of ether oxygens (including phenoxy) is 2. The summed E-state index contributed by atoms with van der Waals surface area (Å²) in [5.41, 5.74) is 3.27. The Balaban J connectivity index is 2.23. The maximum atomic E-state index is 5.42. The third-order valence-electron chi connectivity index (χ3n) is 3.14. The lowest BCUT2D eigenvalue weighted by Gasteiger charge is -2.15. The molecule has 0 fully saturated rings. The highest BCUT2D eigenvalue weighted by atomic mass is 79.9. The molecule has 1 aromatic heterocycles. The quantitative estimate of drug-likeness (QED) is 0.771. The normalized spacial score (nSPS) is 12.0. The van der Waals surface area contributed by atoms with Crippen LogP contribution in [0.1, 0.15) is 21.6 Å². The van der Waals surface area contributed by atoms with E-state index >= 15 is 0 Å². The van der Waals surface area contributed by atoms with Crippen LogP contribution in [0.5, 0.6) is 11.5 Å². The Morgan fingerprint density at radius 3 is 2.55 bits per heavy atom. The van der Waals surface area contributed by atoms with Gasteiger partial charge in [-0.15, -0.1) is 0 Å². The number of rotatable bonds is 5. The zero-order valence-corrected chi connectivity index (χ0v) is 13.5. The lowest BCUT2D eigenvalue weighted by molar-refractivity contribution is 0.398. The molecule has 3 nitrogen and oxygen atoms in total. The average molecular weight is 336 g/mol. The van der Waals surface area contributed by atoms with Crippen LogP contribution in [0.3, 0.4) is 0 Å². The number of hydrogen-bond donors (Lipinski definition) is 0. The molecule has 1 heterocycles. The minimum atomic E-state index is 0.128. The SMILES string of the molecule is COc1ccc(OC)c(C(Br)Cc2ccc(C)cn2)c1. The van der Waals surface area contributed by atoms with Gasteiger partial charge in [-0.2, -0.15) is 0 Å². The summed E-state index contributed by atoms with van der Waals surface area (Å²) in [6, 6.07) is 9.94. The molecule has 0 saturated heterocycles. The van der Waals surface area contributed by atoms with E-state index in [1.807, 2.05) is 31.3 Å². The van der Waals surface area contributed by atoms with Gasteiger partial charge < -0.3 is 9.47 Å². The summed E-state index contributed by atoms with van der Waals surface area (Å²) in [6.45, 7) is 2.04. The maximum absolute atomic E-state index is 5.42. The molecule has 0 aliphatic carbocycles. The van der Waals surface area contributed by atoms with Gasteiger partial charge in [0.1, 0.15) is 11.5 Å². The number of pyridine rings is 1. The summed E-state index contributed by atoms with van der Waals surface area (Å²) in [5, 5.41) is 0. The minimum Gasteiger partial charge on any atom is -0.497 e. The molecule has 2 rings (SSSR count). The van der Waals surface area contributed by atoms with Crippen LogP contribution >= 0.6 is 15.9 Å². The van der Waals surface area contributed by atoms with E-state index in [-0.39, 0.29) is 4.83 Å². The van der Waals surface area contributed by atoms with Crippen LogP contribution in [0, 0.1) is 6.92 Å². The molecule has 0 radical (unpaired) electrons.